The lowest BCUT2D eigenvalue weighted by Crippen LogP contribution is -2.14. The van der Waals surface area contributed by atoms with Crippen LogP contribution in [-0.4, -0.2) is 27.1 Å². The molecule has 3 N–H and O–H groups in total. The molecule has 1 amide bonds. The van der Waals surface area contributed by atoms with Crippen LogP contribution in [0.2, 0.25) is 0 Å². The molecule has 1 aromatic carbocycles. The fourth-order valence-corrected chi connectivity index (χ4v) is 2.09. The normalized spacial score (nSPS) is 12.0. The first-order valence-corrected chi connectivity index (χ1v) is 7.21. The van der Waals surface area contributed by atoms with Crippen molar-refractivity contribution in [3.63, 3.8) is 0 Å². The van der Waals surface area contributed by atoms with Gasteiger partial charge in [0.2, 0.25) is 0 Å². The number of thiazole rings is 1. The van der Waals surface area contributed by atoms with Crippen LogP contribution in [0.15, 0.2) is 57.5 Å². The van der Waals surface area contributed by atoms with Gasteiger partial charge < -0.3 is 10.2 Å². The molecule has 0 aliphatic heterocycles. The van der Waals surface area contributed by atoms with Gasteiger partial charge in [-0.1, -0.05) is 12.1 Å². The van der Waals surface area contributed by atoms with Crippen molar-refractivity contribution in [3.05, 3.63) is 52.9 Å². The fraction of sp³-hybridized carbons (Fsp3) is 0.0714. The Bertz CT molecular complexity index is 780. The number of carboxylic acid groups (broad SMARTS) is 1. The lowest BCUT2D eigenvalue weighted by molar-refractivity contribution is -0.113. The Labute approximate surface area is 134 Å². The summed E-state index contributed by atoms with van der Waals surface area (Å²) in [5.74, 6) is -2.22. The summed E-state index contributed by atoms with van der Waals surface area (Å²) in [6.07, 6.45) is 1.51. The monoisotopic (exact) mass is 332 g/mol. The highest BCUT2D eigenvalue weighted by Gasteiger charge is 2.15. The van der Waals surface area contributed by atoms with E-state index >= 15 is 0 Å². The van der Waals surface area contributed by atoms with E-state index in [0.29, 0.717) is 5.13 Å². The Morgan fingerprint density at radius 1 is 1.26 bits per heavy atom. The SMILES string of the molecule is C/C(O)=C(\N=Nc1ccccc1C(=O)O)C(=O)Nc1nccs1. The number of carboxylic acids is 1. The van der Waals surface area contributed by atoms with Crippen molar-refractivity contribution < 1.29 is 19.8 Å². The van der Waals surface area contributed by atoms with E-state index < -0.39 is 11.9 Å². The van der Waals surface area contributed by atoms with Crippen LogP contribution in [0.1, 0.15) is 17.3 Å². The molecular formula is C14H12N4O4S. The molecule has 0 aliphatic rings. The molecule has 1 heterocycles. The molecule has 0 unspecified atom stereocenters. The van der Waals surface area contributed by atoms with Crippen LogP contribution in [0.25, 0.3) is 0 Å². The number of hydrogen-bond acceptors (Lipinski definition) is 7. The number of aliphatic hydroxyl groups excluding tert-OH is 1. The Kier molecular flexibility index (Phi) is 5.15. The molecule has 0 bridgehead atoms. The third-order valence-electron chi connectivity index (χ3n) is 2.60. The van der Waals surface area contributed by atoms with E-state index in [1.807, 2.05) is 0 Å². The highest BCUT2D eigenvalue weighted by molar-refractivity contribution is 7.13. The number of aromatic carboxylic acids is 1. The van der Waals surface area contributed by atoms with Crippen molar-refractivity contribution in [1.29, 1.82) is 0 Å². The topological polar surface area (TPSA) is 124 Å². The van der Waals surface area contributed by atoms with E-state index in [2.05, 4.69) is 20.5 Å². The molecule has 8 nitrogen and oxygen atoms in total. The van der Waals surface area contributed by atoms with Gasteiger partial charge in [-0.05, 0) is 19.1 Å². The fourth-order valence-electron chi connectivity index (χ4n) is 1.57. The Balaban J connectivity index is 2.26. The third kappa shape index (κ3) is 4.20. The van der Waals surface area contributed by atoms with Gasteiger partial charge in [0.05, 0.1) is 5.56 Å². The van der Waals surface area contributed by atoms with Crippen molar-refractivity contribution in [2.24, 2.45) is 10.2 Å². The summed E-state index contributed by atoms with van der Waals surface area (Å²) in [4.78, 5) is 27.0. The van der Waals surface area contributed by atoms with E-state index in [9.17, 15) is 14.7 Å². The van der Waals surface area contributed by atoms with E-state index in [4.69, 9.17) is 5.11 Å². The average molecular weight is 332 g/mol. The highest BCUT2D eigenvalue weighted by Crippen LogP contribution is 2.21. The maximum atomic E-state index is 12.1. The molecule has 0 saturated heterocycles. The van der Waals surface area contributed by atoms with Gasteiger partial charge in [0, 0.05) is 11.6 Å². The quantitative estimate of drug-likeness (QED) is 0.440. The average Bonchev–Trinajstić information content (AvgIpc) is 3.00. The zero-order chi connectivity index (χ0) is 16.8. The van der Waals surface area contributed by atoms with Crippen LogP contribution in [0.4, 0.5) is 10.8 Å². The van der Waals surface area contributed by atoms with Gasteiger partial charge in [-0.2, -0.15) is 0 Å². The number of carbonyl (C=O) groups excluding carboxylic acids is 1. The van der Waals surface area contributed by atoms with Crippen LogP contribution < -0.4 is 5.32 Å². The highest BCUT2D eigenvalue weighted by atomic mass is 32.1. The first kappa shape index (κ1) is 16.3. The van der Waals surface area contributed by atoms with E-state index in [1.165, 1.54) is 36.6 Å². The van der Waals surface area contributed by atoms with Crippen LogP contribution >= 0.6 is 11.3 Å². The number of anilines is 1. The predicted octanol–water partition coefficient (Wildman–Crippen LogP) is 3.35. The number of azo groups is 1. The van der Waals surface area contributed by atoms with Gasteiger partial charge in [0.1, 0.15) is 11.4 Å². The number of hydrogen-bond donors (Lipinski definition) is 3. The smallest absolute Gasteiger partial charge is 0.337 e. The lowest BCUT2D eigenvalue weighted by atomic mass is 10.2. The van der Waals surface area contributed by atoms with Crippen LogP contribution in [0.3, 0.4) is 0 Å². The second-order valence-corrected chi connectivity index (χ2v) is 5.14. The van der Waals surface area contributed by atoms with Gasteiger partial charge in [-0.25, -0.2) is 9.78 Å². The maximum absolute atomic E-state index is 12.1. The number of rotatable bonds is 5. The minimum Gasteiger partial charge on any atom is -0.510 e. The largest absolute Gasteiger partial charge is 0.510 e. The summed E-state index contributed by atoms with van der Waals surface area (Å²) in [6, 6.07) is 5.94. The van der Waals surface area contributed by atoms with Crippen LogP contribution in [-0.2, 0) is 4.79 Å². The summed E-state index contributed by atoms with van der Waals surface area (Å²) in [7, 11) is 0. The number of allylic oxidation sites excluding steroid dienone is 1. The standard InChI is InChI=1S/C14H12N4O4S/c1-8(19)11(12(20)16-14-15-6-7-23-14)18-17-10-5-3-2-4-9(10)13(21)22/h2-7,19H,1H3,(H,21,22)(H,15,16,20)/b11-8+,18-17?. The summed E-state index contributed by atoms with van der Waals surface area (Å²) in [5, 5.41) is 30.6. The number of nitrogens with one attached hydrogen (secondary N) is 1. The number of amides is 1. The van der Waals surface area contributed by atoms with Crippen LogP contribution in [0, 0.1) is 0 Å². The zero-order valence-corrected chi connectivity index (χ0v) is 12.7. The molecular weight excluding hydrogens is 320 g/mol. The predicted molar refractivity (Wildman–Crippen MR) is 84.0 cm³/mol. The number of carbonyl (C=O) groups is 2. The van der Waals surface area contributed by atoms with Crippen LogP contribution in [0.5, 0.6) is 0 Å². The zero-order valence-electron chi connectivity index (χ0n) is 11.9. The Morgan fingerprint density at radius 2 is 2.00 bits per heavy atom. The molecule has 118 valence electrons. The van der Waals surface area contributed by atoms with Crippen molar-refractivity contribution in [3.8, 4) is 0 Å². The molecule has 9 heteroatoms. The molecule has 2 rings (SSSR count). The molecule has 0 atom stereocenters. The molecule has 0 saturated carbocycles. The van der Waals surface area contributed by atoms with Crippen molar-refractivity contribution in [1.82, 2.24) is 4.98 Å². The van der Waals surface area contributed by atoms with Crippen molar-refractivity contribution >= 4 is 34.0 Å². The van der Waals surface area contributed by atoms with Gasteiger partial charge in [0.25, 0.3) is 5.91 Å². The number of nitrogens with zero attached hydrogens (tertiary/aromatic N) is 3. The summed E-state index contributed by atoms with van der Waals surface area (Å²) in [5.41, 5.74) is -0.326. The molecule has 0 radical (unpaired) electrons. The minimum absolute atomic E-state index is 0.0634. The summed E-state index contributed by atoms with van der Waals surface area (Å²) < 4.78 is 0. The summed E-state index contributed by atoms with van der Waals surface area (Å²) in [6.45, 7) is 1.28. The molecule has 0 spiro atoms. The first-order valence-electron chi connectivity index (χ1n) is 6.33. The molecule has 2 aromatic rings. The molecule has 0 fully saturated rings. The number of aliphatic hydroxyl groups is 1. The van der Waals surface area contributed by atoms with Gasteiger partial charge in [-0.3, -0.25) is 10.1 Å². The Morgan fingerprint density at radius 3 is 2.61 bits per heavy atom. The van der Waals surface area contributed by atoms with E-state index in [0.717, 1.165) is 0 Å². The second kappa shape index (κ2) is 7.27. The minimum atomic E-state index is -1.17. The third-order valence-corrected chi connectivity index (χ3v) is 3.29. The van der Waals surface area contributed by atoms with E-state index in [1.54, 1.807) is 17.5 Å². The van der Waals surface area contributed by atoms with E-state index in [-0.39, 0.29) is 22.7 Å². The lowest BCUT2D eigenvalue weighted by Gasteiger charge is -2.03. The van der Waals surface area contributed by atoms with Gasteiger partial charge >= 0.3 is 5.97 Å². The van der Waals surface area contributed by atoms with Crippen molar-refractivity contribution in [2.75, 3.05) is 5.32 Å². The molecule has 0 aliphatic carbocycles. The van der Waals surface area contributed by atoms with Gasteiger partial charge in [-0.15, -0.1) is 21.6 Å². The first-order chi connectivity index (χ1) is 11.0. The number of benzene rings is 1. The number of aromatic nitrogens is 1. The second-order valence-electron chi connectivity index (χ2n) is 4.25. The van der Waals surface area contributed by atoms with Crippen molar-refractivity contribution in [2.45, 2.75) is 6.92 Å². The van der Waals surface area contributed by atoms with Gasteiger partial charge in [0.15, 0.2) is 10.8 Å². The summed E-state index contributed by atoms with van der Waals surface area (Å²) >= 11 is 1.20. The molecule has 1 aromatic heterocycles. The Hall–Kier alpha value is -3.07. The maximum Gasteiger partial charge on any atom is 0.337 e. The molecule has 23 heavy (non-hydrogen) atoms.